The van der Waals surface area contributed by atoms with E-state index in [1.807, 2.05) is 0 Å². The van der Waals surface area contributed by atoms with Crippen LogP contribution in [-0.4, -0.2) is 28.8 Å². The van der Waals surface area contributed by atoms with Gasteiger partial charge in [-0.25, -0.2) is 0 Å². The standard InChI is InChI=1S/C32H60O2Si2/c1-9-35(10-2,11-3)33-31-23-19-15-17-22-30(8)26-28-32(34-36(12-4,13-5)14-6)24-20-16-18-21-29(7)25-27-31/h19-20,23-24,31-32H,7-18,21-22,25-28H2,1-6H3/b23-19+,24-20+. The van der Waals surface area contributed by atoms with Gasteiger partial charge in [0.1, 0.15) is 0 Å². The molecule has 0 radical (unpaired) electrons. The van der Waals surface area contributed by atoms with E-state index in [4.69, 9.17) is 8.85 Å². The van der Waals surface area contributed by atoms with E-state index in [1.165, 1.54) is 60.3 Å². The number of rotatable bonds is 10. The smallest absolute Gasteiger partial charge is 0.192 e. The molecule has 0 bridgehead atoms. The van der Waals surface area contributed by atoms with E-state index in [1.54, 1.807) is 0 Å². The van der Waals surface area contributed by atoms with Crippen molar-refractivity contribution in [2.75, 3.05) is 0 Å². The summed E-state index contributed by atoms with van der Waals surface area (Å²) in [5.41, 5.74) is 2.75. The van der Waals surface area contributed by atoms with E-state index in [-0.39, 0.29) is 12.2 Å². The lowest BCUT2D eigenvalue weighted by Crippen LogP contribution is -2.39. The van der Waals surface area contributed by atoms with Crippen LogP contribution in [0, 0.1) is 0 Å². The van der Waals surface area contributed by atoms with E-state index in [2.05, 4.69) is 79.0 Å². The average molecular weight is 533 g/mol. The van der Waals surface area contributed by atoms with Gasteiger partial charge < -0.3 is 8.85 Å². The molecule has 0 N–H and O–H groups in total. The predicted molar refractivity (Wildman–Crippen MR) is 167 cm³/mol. The lowest BCUT2D eigenvalue weighted by Gasteiger charge is -2.32. The zero-order chi connectivity index (χ0) is 26.9. The minimum Gasteiger partial charge on any atom is -0.411 e. The normalized spacial score (nSPS) is 24.2. The van der Waals surface area contributed by atoms with Gasteiger partial charge in [0, 0.05) is 0 Å². The predicted octanol–water partition coefficient (Wildman–Crippen LogP) is 10.9. The second-order valence-corrected chi connectivity index (χ2v) is 20.5. The van der Waals surface area contributed by atoms with Crippen molar-refractivity contribution in [1.82, 2.24) is 0 Å². The third-order valence-electron chi connectivity index (χ3n) is 8.74. The van der Waals surface area contributed by atoms with Crippen molar-refractivity contribution in [3.63, 3.8) is 0 Å². The molecule has 0 saturated heterocycles. The Labute approximate surface area is 228 Å². The summed E-state index contributed by atoms with van der Waals surface area (Å²) in [5, 5.41) is 0. The van der Waals surface area contributed by atoms with Crippen molar-refractivity contribution < 1.29 is 8.85 Å². The van der Waals surface area contributed by atoms with Gasteiger partial charge in [0.15, 0.2) is 16.6 Å². The first kappa shape index (κ1) is 33.3. The van der Waals surface area contributed by atoms with Gasteiger partial charge >= 0.3 is 0 Å². The van der Waals surface area contributed by atoms with Crippen LogP contribution >= 0.6 is 0 Å². The Balaban J connectivity index is 2.89. The minimum atomic E-state index is -1.62. The molecule has 36 heavy (non-hydrogen) atoms. The lowest BCUT2D eigenvalue weighted by molar-refractivity contribution is 0.221. The maximum Gasteiger partial charge on any atom is 0.192 e. The first-order valence-electron chi connectivity index (χ1n) is 15.3. The summed E-state index contributed by atoms with van der Waals surface area (Å²) in [6, 6.07) is 7.25. The summed E-state index contributed by atoms with van der Waals surface area (Å²) in [4.78, 5) is 0. The molecular formula is C32H60O2Si2. The summed E-state index contributed by atoms with van der Waals surface area (Å²) < 4.78 is 13.8. The van der Waals surface area contributed by atoms with E-state index in [9.17, 15) is 0 Å². The quantitative estimate of drug-likeness (QED) is 0.206. The molecule has 1 aliphatic carbocycles. The summed E-state index contributed by atoms with van der Waals surface area (Å²) in [5.74, 6) is 0. The topological polar surface area (TPSA) is 18.5 Å². The fourth-order valence-electron chi connectivity index (χ4n) is 5.41. The monoisotopic (exact) mass is 532 g/mol. The van der Waals surface area contributed by atoms with Crippen molar-refractivity contribution in [2.24, 2.45) is 0 Å². The number of allylic oxidation sites excluding steroid dienone is 4. The Morgan fingerprint density at radius 3 is 1.25 bits per heavy atom. The van der Waals surface area contributed by atoms with Gasteiger partial charge in [-0.3, -0.25) is 0 Å². The molecule has 0 amide bonds. The van der Waals surface area contributed by atoms with Crippen LogP contribution in [0.3, 0.4) is 0 Å². The van der Waals surface area contributed by atoms with Gasteiger partial charge in [-0.2, -0.15) is 0 Å². The molecule has 1 aliphatic rings. The van der Waals surface area contributed by atoms with Crippen LogP contribution in [0.1, 0.15) is 106 Å². The zero-order valence-corrected chi connectivity index (χ0v) is 27.0. The molecule has 2 unspecified atom stereocenters. The SMILES string of the molecule is C=C1CCC/C=C/C(O[Si](CC)(CC)CC)CCC(=C)CCC/C=C/C(O[Si](CC)(CC)CC)CC1. The van der Waals surface area contributed by atoms with Crippen LogP contribution in [0.4, 0.5) is 0 Å². The fourth-order valence-corrected chi connectivity index (χ4v) is 11.1. The van der Waals surface area contributed by atoms with Gasteiger partial charge in [-0.15, -0.1) is 0 Å². The van der Waals surface area contributed by atoms with Crippen LogP contribution in [0.5, 0.6) is 0 Å². The molecule has 2 atom stereocenters. The maximum atomic E-state index is 6.89. The Bertz CT molecular complexity index is 599. The number of hydrogen-bond acceptors (Lipinski definition) is 2. The molecule has 4 heteroatoms. The largest absolute Gasteiger partial charge is 0.411 e. The molecule has 1 rings (SSSR count). The van der Waals surface area contributed by atoms with Crippen LogP contribution < -0.4 is 0 Å². The van der Waals surface area contributed by atoms with Crippen LogP contribution in [0.2, 0.25) is 36.3 Å². The Morgan fingerprint density at radius 1 is 0.611 bits per heavy atom. The third-order valence-corrected chi connectivity index (χ3v) is 18.1. The van der Waals surface area contributed by atoms with Crippen molar-refractivity contribution in [1.29, 1.82) is 0 Å². The second-order valence-electron chi connectivity index (χ2n) is 11.0. The highest BCUT2D eigenvalue weighted by atomic mass is 28.4. The maximum absolute atomic E-state index is 6.89. The summed E-state index contributed by atoms with van der Waals surface area (Å²) >= 11 is 0. The molecule has 208 valence electrons. The summed E-state index contributed by atoms with van der Waals surface area (Å²) in [7, 11) is -3.24. The summed E-state index contributed by atoms with van der Waals surface area (Å²) in [6.07, 6.45) is 21.0. The fraction of sp³-hybridized carbons (Fsp3) is 0.750. The molecule has 0 aromatic rings. The number of hydrogen-bond donors (Lipinski definition) is 0. The van der Waals surface area contributed by atoms with Crippen LogP contribution in [-0.2, 0) is 8.85 Å². The Kier molecular flexibility index (Phi) is 17.2. The van der Waals surface area contributed by atoms with Gasteiger partial charge in [0.25, 0.3) is 0 Å². The lowest BCUT2D eigenvalue weighted by atomic mass is 10.0. The van der Waals surface area contributed by atoms with Crippen molar-refractivity contribution in [3.8, 4) is 0 Å². The van der Waals surface area contributed by atoms with E-state index in [0.717, 1.165) is 51.4 Å². The first-order valence-corrected chi connectivity index (χ1v) is 20.4. The molecule has 0 aliphatic heterocycles. The van der Waals surface area contributed by atoms with Gasteiger partial charge in [-0.1, -0.05) is 90.2 Å². The molecule has 0 aromatic carbocycles. The van der Waals surface area contributed by atoms with Crippen LogP contribution in [0.25, 0.3) is 0 Å². The molecule has 0 saturated carbocycles. The van der Waals surface area contributed by atoms with E-state index >= 15 is 0 Å². The highest BCUT2D eigenvalue weighted by Crippen LogP contribution is 2.28. The zero-order valence-electron chi connectivity index (χ0n) is 25.0. The average Bonchev–Trinajstić information content (AvgIpc) is 2.90. The molecule has 0 aromatic heterocycles. The van der Waals surface area contributed by atoms with Crippen molar-refractivity contribution >= 4 is 16.6 Å². The van der Waals surface area contributed by atoms with Gasteiger partial charge in [0.2, 0.25) is 0 Å². The highest BCUT2D eigenvalue weighted by Gasteiger charge is 2.32. The minimum absolute atomic E-state index is 0.244. The molecule has 0 fully saturated rings. The molecular weight excluding hydrogens is 473 g/mol. The Morgan fingerprint density at radius 2 is 0.944 bits per heavy atom. The molecule has 0 spiro atoms. The van der Waals surface area contributed by atoms with Crippen LogP contribution in [0.15, 0.2) is 48.6 Å². The molecule has 0 heterocycles. The second kappa shape index (κ2) is 18.5. The van der Waals surface area contributed by atoms with Gasteiger partial charge in [0.05, 0.1) is 12.2 Å². The molecule has 2 nitrogen and oxygen atoms in total. The van der Waals surface area contributed by atoms with Gasteiger partial charge in [-0.05, 0) is 100 Å². The Hall–Kier alpha value is -0.686. The first-order chi connectivity index (χ1) is 17.3. The van der Waals surface area contributed by atoms with E-state index < -0.39 is 16.6 Å². The van der Waals surface area contributed by atoms with E-state index in [0.29, 0.717) is 0 Å². The van der Waals surface area contributed by atoms with Crippen molar-refractivity contribution in [3.05, 3.63) is 48.6 Å². The highest BCUT2D eigenvalue weighted by molar-refractivity contribution is 6.74. The third kappa shape index (κ3) is 12.2. The van der Waals surface area contributed by atoms with Crippen molar-refractivity contribution in [2.45, 2.75) is 154 Å². The summed E-state index contributed by atoms with van der Waals surface area (Å²) in [6.45, 7) is 22.8.